The number of nitrogens with one attached hydrogen (secondary N) is 1. The highest BCUT2D eigenvalue weighted by Crippen LogP contribution is 2.31. The summed E-state index contributed by atoms with van der Waals surface area (Å²) >= 11 is 0. The zero-order chi connectivity index (χ0) is 14.0. The number of phenolic OH excluding ortho intramolecular Hbond substituents is 3. The van der Waals surface area contributed by atoms with Gasteiger partial charge in [-0.3, -0.25) is 0 Å². The molecule has 19 heavy (non-hydrogen) atoms. The number of aryl methyl sites for hydroxylation is 1. The average Bonchev–Trinajstić information content (AvgIpc) is 2.33. The van der Waals surface area contributed by atoms with Crippen molar-refractivity contribution in [2.45, 2.75) is 19.9 Å². The summed E-state index contributed by atoms with van der Waals surface area (Å²) < 4.78 is 0. The molecule has 0 aromatic heterocycles. The number of aromatic hydroxyl groups is 3. The first kappa shape index (κ1) is 13.1. The minimum absolute atomic E-state index is 0.0291. The van der Waals surface area contributed by atoms with E-state index in [0.29, 0.717) is 5.56 Å². The summed E-state index contributed by atoms with van der Waals surface area (Å²) in [6, 6.07) is 9.67. The molecule has 0 radical (unpaired) electrons. The largest absolute Gasteiger partial charge is 0.508 e. The summed E-state index contributed by atoms with van der Waals surface area (Å²) in [6.45, 7) is 3.72. The summed E-state index contributed by atoms with van der Waals surface area (Å²) in [7, 11) is 0. The van der Waals surface area contributed by atoms with Gasteiger partial charge in [0.05, 0.1) is 6.04 Å². The third-order valence-electron chi connectivity index (χ3n) is 3.07. The van der Waals surface area contributed by atoms with Crippen molar-refractivity contribution in [3.05, 3.63) is 47.5 Å². The molecule has 0 aliphatic heterocycles. The van der Waals surface area contributed by atoms with Gasteiger partial charge in [-0.2, -0.15) is 0 Å². The zero-order valence-corrected chi connectivity index (χ0v) is 10.9. The molecular weight excluding hydrogens is 242 g/mol. The van der Waals surface area contributed by atoms with Crippen LogP contribution in [0.25, 0.3) is 0 Å². The summed E-state index contributed by atoms with van der Waals surface area (Å²) in [6.07, 6.45) is 0. The molecule has 0 saturated carbocycles. The third kappa shape index (κ3) is 2.91. The number of hydrogen-bond acceptors (Lipinski definition) is 4. The van der Waals surface area contributed by atoms with Gasteiger partial charge in [0.1, 0.15) is 17.2 Å². The molecule has 1 atom stereocenters. The van der Waals surface area contributed by atoms with Gasteiger partial charge in [-0.15, -0.1) is 0 Å². The van der Waals surface area contributed by atoms with Crippen molar-refractivity contribution >= 4 is 5.69 Å². The molecule has 4 heteroatoms. The van der Waals surface area contributed by atoms with Crippen molar-refractivity contribution in [2.24, 2.45) is 0 Å². The Kier molecular flexibility index (Phi) is 3.51. The predicted octanol–water partition coefficient (Wildman–Crippen LogP) is 3.28. The van der Waals surface area contributed by atoms with E-state index in [4.69, 9.17) is 0 Å². The van der Waals surface area contributed by atoms with Crippen LogP contribution in [-0.4, -0.2) is 15.3 Å². The molecule has 0 spiro atoms. The highest BCUT2D eigenvalue weighted by molar-refractivity contribution is 5.53. The van der Waals surface area contributed by atoms with E-state index in [1.165, 1.54) is 12.1 Å². The van der Waals surface area contributed by atoms with Gasteiger partial charge in [0, 0.05) is 23.4 Å². The van der Waals surface area contributed by atoms with E-state index in [-0.39, 0.29) is 23.3 Å². The lowest BCUT2D eigenvalue weighted by Gasteiger charge is -2.17. The summed E-state index contributed by atoms with van der Waals surface area (Å²) in [4.78, 5) is 0. The van der Waals surface area contributed by atoms with Crippen molar-refractivity contribution in [3.8, 4) is 17.2 Å². The fraction of sp³-hybridized carbons (Fsp3) is 0.200. The number of rotatable bonds is 3. The van der Waals surface area contributed by atoms with E-state index in [1.807, 2.05) is 26.0 Å². The summed E-state index contributed by atoms with van der Waals surface area (Å²) in [5.74, 6) is 0.296. The number of phenols is 3. The lowest BCUT2D eigenvalue weighted by atomic mass is 10.1. The van der Waals surface area contributed by atoms with Crippen LogP contribution in [0.15, 0.2) is 36.4 Å². The minimum atomic E-state index is -0.150. The Morgan fingerprint density at radius 3 is 2.32 bits per heavy atom. The first-order chi connectivity index (χ1) is 8.97. The Morgan fingerprint density at radius 2 is 1.68 bits per heavy atom. The Labute approximate surface area is 112 Å². The highest BCUT2D eigenvalue weighted by atomic mass is 16.3. The molecule has 0 heterocycles. The second kappa shape index (κ2) is 5.10. The lowest BCUT2D eigenvalue weighted by molar-refractivity contribution is 0.444. The number of hydrogen-bond donors (Lipinski definition) is 4. The molecule has 0 bridgehead atoms. The van der Waals surface area contributed by atoms with Crippen molar-refractivity contribution < 1.29 is 15.3 Å². The summed E-state index contributed by atoms with van der Waals surface area (Å²) in [5, 5.41) is 31.9. The quantitative estimate of drug-likeness (QED) is 0.682. The molecule has 0 aliphatic rings. The number of anilines is 1. The molecule has 4 N–H and O–H groups in total. The molecule has 0 aliphatic carbocycles. The van der Waals surface area contributed by atoms with Crippen LogP contribution in [0.2, 0.25) is 0 Å². The minimum Gasteiger partial charge on any atom is -0.508 e. The van der Waals surface area contributed by atoms with Crippen molar-refractivity contribution in [1.82, 2.24) is 0 Å². The van der Waals surface area contributed by atoms with E-state index in [0.717, 1.165) is 11.3 Å². The average molecular weight is 259 g/mol. The maximum Gasteiger partial charge on any atom is 0.124 e. The van der Waals surface area contributed by atoms with Crippen molar-refractivity contribution in [1.29, 1.82) is 0 Å². The maximum atomic E-state index is 9.79. The van der Waals surface area contributed by atoms with Crippen molar-refractivity contribution in [2.75, 3.05) is 5.32 Å². The van der Waals surface area contributed by atoms with Crippen LogP contribution >= 0.6 is 0 Å². The normalized spacial score (nSPS) is 12.1. The van der Waals surface area contributed by atoms with Crippen LogP contribution < -0.4 is 5.32 Å². The van der Waals surface area contributed by atoms with Crippen LogP contribution in [0.1, 0.15) is 24.1 Å². The summed E-state index contributed by atoms with van der Waals surface area (Å²) in [5.41, 5.74) is 2.26. The van der Waals surface area contributed by atoms with Crippen LogP contribution in [0.3, 0.4) is 0 Å². The Hall–Kier alpha value is -2.36. The standard InChI is InChI=1S/C15H17NO3/c1-9-3-4-11(7-14(9)18)16-10(2)13-6-5-12(17)8-15(13)19/h3-8,10,16-19H,1-2H3. The fourth-order valence-corrected chi connectivity index (χ4v) is 1.93. The highest BCUT2D eigenvalue weighted by Gasteiger charge is 2.11. The van der Waals surface area contributed by atoms with Gasteiger partial charge >= 0.3 is 0 Å². The molecule has 1 unspecified atom stereocenters. The molecule has 2 aromatic rings. The monoisotopic (exact) mass is 259 g/mol. The first-order valence-corrected chi connectivity index (χ1v) is 6.05. The first-order valence-electron chi connectivity index (χ1n) is 6.05. The van der Waals surface area contributed by atoms with Crippen LogP contribution in [-0.2, 0) is 0 Å². The Bertz CT molecular complexity index is 596. The van der Waals surface area contributed by atoms with Crippen molar-refractivity contribution in [3.63, 3.8) is 0 Å². The third-order valence-corrected chi connectivity index (χ3v) is 3.07. The van der Waals surface area contributed by atoms with E-state index < -0.39 is 0 Å². The topological polar surface area (TPSA) is 72.7 Å². The molecule has 0 saturated heterocycles. The second-order valence-corrected chi connectivity index (χ2v) is 4.61. The Morgan fingerprint density at radius 1 is 0.947 bits per heavy atom. The Balaban J connectivity index is 2.20. The second-order valence-electron chi connectivity index (χ2n) is 4.61. The SMILES string of the molecule is Cc1ccc(NC(C)c2ccc(O)cc2O)cc1O. The lowest BCUT2D eigenvalue weighted by Crippen LogP contribution is -2.06. The van der Waals surface area contributed by atoms with Gasteiger partial charge in [-0.05, 0) is 37.6 Å². The van der Waals surface area contributed by atoms with E-state index >= 15 is 0 Å². The zero-order valence-electron chi connectivity index (χ0n) is 10.9. The molecule has 0 amide bonds. The van der Waals surface area contributed by atoms with Gasteiger partial charge in [0.25, 0.3) is 0 Å². The maximum absolute atomic E-state index is 9.79. The predicted molar refractivity (Wildman–Crippen MR) is 74.7 cm³/mol. The van der Waals surface area contributed by atoms with Crippen LogP contribution in [0.5, 0.6) is 17.2 Å². The van der Waals surface area contributed by atoms with Gasteiger partial charge in [0.2, 0.25) is 0 Å². The molecule has 4 nitrogen and oxygen atoms in total. The van der Waals surface area contributed by atoms with Crippen LogP contribution in [0, 0.1) is 6.92 Å². The molecule has 2 rings (SSSR count). The molecule has 2 aromatic carbocycles. The fourth-order valence-electron chi connectivity index (χ4n) is 1.93. The van der Waals surface area contributed by atoms with Crippen LogP contribution in [0.4, 0.5) is 5.69 Å². The van der Waals surface area contributed by atoms with E-state index in [9.17, 15) is 15.3 Å². The van der Waals surface area contributed by atoms with Gasteiger partial charge in [-0.25, -0.2) is 0 Å². The molecule has 100 valence electrons. The van der Waals surface area contributed by atoms with E-state index in [1.54, 1.807) is 12.1 Å². The van der Waals surface area contributed by atoms with E-state index in [2.05, 4.69) is 5.32 Å². The molecular formula is C15H17NO3. The van der Waals surface area contributed by atoms with Gasteiger partial charge in [0.15, 0.2) is 0 Å². The molecule has 0 fully saturated rings. The van der Waals surface area contributed by atoms with Gasteiger partial charge in [-0.1, -0.05) is 6.07 Å². The van der Waals surface area contributed by atoms with Gasteiger partial charge < -0.3 is 20.6 Å². The smallest absolute Gasteiger partial charge is 0.124 e. The number of benzene rings is 2.